The number of thioether (sulfide) groups is 1. The molecule has 29 heavy (non-hydrogen) atoms. The van der Waals surface area contributed by atoms with E-state index in [1.807, 2.05) is 24.3 Å². The smallest absolute Gasteiger partial charge is 0.248 e. The fourth-order valence-electron chi connectivity index (χ4n) is 2.59. The second-order valence-corrected chi connectivity index (χ2v) is 7.72. The van der Waals surface area contributed by atoms with Crippen LogP contribution in [0.3, 0.4) is 0 Å². The Morgan fingerprint density at radius 1 is 1.14 bits per heavy atom. The lowest BCUT2D eigenvalue weighted by atomic mass is 10.2. The lowest BCUT2D eigenvalue weighted by Gasteiger charge is -2.07. The van der Waals surface area contributed by atoms with Crippen LogP contribution in [0.25, 0.3) is 23.0 Å². The number of amides is 1. The van der Waals surface area contributed by atoms with Gasteiger partial charge in [-0.1, -0.05) is 23.9 Å². The Balaban J connectivity index is 1.53. The third-order valence-electron chi connectivity index (χ3n) is 3.94. The summed E-state index contributed by atoms with van der Waals surface area (Å²) in [5.74, 6) is 1.95. The summed E-state index contributed by atoms with van der Waals surface area (Å²) in [5.41, 5.74) is 6.12. The van der Waals surface area contributed by atoms with Gasteiger partial charge in [-0.3, -0.25) is 9.36 Å². The van der Waals surface area contributed by atoms with E-state index in [4.69, 9.17) is 14.6 Å². The maximum Gasteiger partial charge on any atom is 0.248 e. The molecule has 0 saturated carbocycles. The SMILES string of the molecule is NC(=O)CCn1c(SCc2nnc(-c3ccccc3Br)o2)nnc1-c1ccco1. The van der Waals surface area contributed by atoms with Crippen molar-refractivity contribution < 1.29 is 13.6 Å². The highest BCUT2D eigenvalue weighted by atomic mass is 79.9. The van der Waals surface area contributed by atoms with Crippen LogP contribution in [-0.4, -0.2) is 30.9 Å². The molecular weight excluding hydrogens is 460 g/mol. The molecule has 0 spiro atoms. The van der Waals surface area contributed by atoms with E-state index in [1.54, 1.807) is 23.0 Å². The number of aromatic nitrogens is 5. The van der Waals surface area contributed by atoms with Crippen LogP contribution in [0.15, 0.2) is 61.1 Å². The summed E-state index contributed by atoms with van der Waals surface area (Å²) in [6.45, 7) is 0.340. The van der Waals surface area contributed by atoms with Crippen LogP contribution in [0.2, 0.25) is 0 Å². The molecule has 0 aliphatic carbocycles. The highest BCUT2D eigenvalue weighted by molar-refractivity contribution is 9.10. The molecule has 148 valence electrons. The standard InChI is InChI=1S/C18H15BrN6O3S/c19-12-5-2-1-4-11(12)17-23-21-15(28-17)10-29-18-24-22-16(13-6-3-9-27-13)25(18)8-7-14(20)26/h1-6,9H,7-8,10H2,(H2,20,26). The number of halogens is 1. The Morgan fingerprint density at radius 2 is 2.00 bits per heavy atom. The van der Waals surface area contributed by atoms with Crippen molar-refractivity contribution in [1.29, 1.82) is 0 Å². The van der Waals surface area contributed by atoms with E-state index in [9.17, 15) is 4.79 Å². The average Bonchev–Trinajstić information content (AvgIpc) is 3.45. The number of nitrogens with two attached hydrogens (primary N) is 1. The molecule has 2 N–H and O–H groups in total. The number of primary amides is 1. The minimum Gasteiger partial charge on any atom is -0.461 e. The van der Waals surface area contributed by atoms with Crippen molar-refractivity contribution in [2.75, 3.05) is 0 Å². The number of furan rings is 1. The summed E-state index contributed by atoms with van der Waals surface area (Å²) in [6, 6.07) is 11.2. The zero-order valence-electron chi connectivity index (χ0n) is 15.0. The monoisotopic (exact) mass is 474 g/mol. The van der Waals surface area contributed by atoms with Crippen molar-refractivity contribution in [3.8, 4) is 23.0 Å². The molecule has 1 amide bonds. The summed E-state index contributed by atoms with van der Waals surface area (Å²) in [4.78, 5) is 11.2. The van der Waals surface area contributed by atoms with Gasteiger partial charge in [0.15, 0.2) is 16.7 Å². The van der Waals surface area contributed by atoms with E-state index >= 15 is 0 Å². The number of carbonyl (C=O) groups is 1. The van der Waals surface area contributed by atoms with Gasteiger partial charge in [-0.25, -0.2) is 0 Å². The van der Waals surface area contributed by atoms with Crippen LogP contribution in [0, 0.1) is 0 Å². The van der Waals surface area contributed by atoms with Crippen molar-refractivity contribution in [2.24, 2.45) is 5.73 Å². The summed E-state index contributed by atoms with van der Waals surface area (Å²) >= 11 is 4.85. The zero-order chi connectivity index (χ0) is 20.2. The molecule has 0 aliphatic heterocycles. The molecule has 0 radical (unpaired) electrons. The molecule has 0 atom stereocenters. The molecule has 0 bridgehead atoms. The molecule has 0 fully saturated rings. The van der Waals surface area contributed by atoms with Crippen molar-refractivity contribution in [3.05, 3.63) is 53.0 Å². The van der Waals surface area contributed by atoms with Gasteiger partial charge in [-0.15, -0.1) is 20.4 Å². The fraction of sp³-hybridized carbons (Fsp3) is 0.167. The van der Waals surface area contributed by atoms with Crippen LogP contribution in [0.4, 0.5) is 0 Å². The lowest BCUT2D eigenvalue weighted by Crippen LogP contribution is -2.15. The van der Waals surface area contributed by atoms with E-state index < -0.39 is 5.91 Å². The van der Waals surface area contributed by atoms with Gasteiger partial charge in [-0.05, 0) is 40.2 Å². The number of rotatable bonds is 8. The number of hydrogen-bond donors (Lipinski definition) is 1. The molecule has 9 nitrogen and oxygen atoms in total. The van der Waals surface area contributed by atoms with E-state index in [2.05, 4.69) is 36.3 Å². The van der Waals surface area contributed by atoms with Crippen molar-refractivity contribution in [2.45, 2.75) is 23.9 Å². The van der Waals surface area contributed by atoms with Gasteiger partial charge in [0.05, 0.1) is 17.6 Å². The Morgan fingerprint density at radius 3 is 2.76 bits per heavy atom. The predicted octanol–water partition coefficient (Wildman–Crippen LogP) is 3.52. The molecule has 0 aliphatic rings. The average molecular weight is 475 g/mol. The largest absolute Gasteiger partial charge is 0.461 e. The predicted molar refractivity (Wildman–Crippen MR) is 109 cm³/mol. The first-order valence-corrected chi connectivity index (χ1v) is 10.3. The zero-order valence-corrected chi connectivity index (χ0v) is 17.4. The van der Waals surface area contributed by atoms with Crippen LogP contribution in [0.5, 0.6) is 0 Å². The Bertz CT molecular complexity index is 1120. The second-order valence-electron chi connectivity index (χ2n) is 5.92. The lowest BCUT2D eigenvalue weighted by molar-refractivity contribution is -0.118. The summed E-state index contributed by atoms with van der Waals surface area (Å²) in [7, 11) is 0. The quantitative estimate of drug-likeness (QED) is 0.384. The van der Waals surface area contributed by atoms with Gasteiger partial charge < -0.3 is 14.6 Å². The summed E-state index contributed by atoms with van der Waals surface area (Å²) in [5, 5.41) is 17.2. The van der Waals surface area contributed by atoms with Crippen LogP contribution in [-0.2, 0) is 17.1 Å². The molecule has 3 aromatic heterocycles. The number of hydrogen-bond acceptors (Lipinski definition) is 8. The Hall–Kier alpha value is -2.92. The minimum absolute atomic E-state index is 0.159. The van der Waals surface area contributed by atoms with E-state index in [0.717, 1.165) is 10.0 Å². The minimum atomic E-state index is -0.407. The van der Waals surface area contributed by atoms with Gasteiger partial charge in [-0.2, -0.15) is 0 Å². The molecule has 4 aromatic rings. The molecule has 11 heteroatoms. The van der Waals surface area contributed by atoms with Gasteiger partial charge in [0, 0.05) is 17.4 Å². The number of benzene rings is 1. The Kier molecular flexibility index (Phi) is 5.76. The highest BCUT2D eigenvalue weighted by Gasteiger charge is 2.18. The second kappa shape index (κ2) is 8.62. The normalized spacial score (nSPS) is 11.1. The summed E-state index contributed by atoms with van der Waals surface area (Å²) in [6.07, 6.45) is 1.71. The number of nitrogens with zero attached hydrogens (tertiary/aromatic N) is 5. The maximum atomic E-state index is 11.2. The van der Waals surface area contributed by atoms with Crippen molar-refractivity contribution in [3.63, 3.8) is 0 Å². The molecule has 4 rings (SSSR count). The molecule has 1 aromatic carbocycles. The van der Waals surface area contributed by atoms with Gasteiger partial charge in [0.2, 0.25) is 17.7 Å². The first kappa shape index (κ1) is 19.4. The summed E-state index contributed by atoms with van der Waals surface area (Å²) < 4.78 is 13.8. The van der Waals surface area contributed by atoms with Gasteiger partial charge >= 0.3 is 0 Å². The molecule has 3 heterocycles. The molecule has 0 saturated heterocycles. The number of carbonyl (C=O) groups excluding carboxylic acids is 1. The van der Waals surface area contributed by atoms with E-state index in [-0.39, 0.29) is 6.42 Å². The van der Waals surface area contributed by atoms with Crippen molar-refractivity contribution in [1.82, 2.24) is 25.0 Å². The van der Waals surface area contributed by atoms with Gasteiger partial charge in [0.25, 0.3) is 0 Å². The van der Waals surface area contributed by atoms with Crippen LogP contribution in [0.1, 0.15) is 12.3 Å². The van der Waals surface area contributed by atoms with Crippen LogP contribution >= 0.6 is 27.7 Å². The first-order valence-electron chi connectivity index (χ1n) is 8.57. The molecule has 0 unspecified atom stereocenters. The third kappa shape index (κ3) is 4.40. The topological polar surface area (TPSA) is 126 Å². The van der Waals surface area contributed by atoms with Crippen LogP contribution < -0.4 is 5.73 Å². The Labute approximate surface area is 177 Å². The maximum absolute atomic E-state index is 11.2. The third-order valence-corrected chi connectivity index (χ3v) is 5.58. The first-order chi connectivity index (χ1) is 14.1. The van der Waals surface area contributed by atoms with Crippen molar-refractivity contribution >= 4 is 33.6 Å². The van der Waals surface area contributed by atoms with E-state index in [1.165, 1.54) is 11.8 Å². The molecular formula is C18H15BrN6O3S. The fourth-order valence-corrected chi connectivity index (χ4v) is 3.84. The highest BCUT2D eigenvalue weighted by Crippen LogP contribution is 2.30. The van der Waals surface area contributed by atoms with E-state index in [0.29, 0.717) is 40.8 Å². The van der Waals surface area contributed by atoms with Gasteiger partial charge in [0.1, 0.15) is 0 Å².